The molecule has 0 spiro atoms. The fourth-order valence-corrected chi connectivity index (χ4v) is 2.19. The highest BCUT2D eigenvalue weighted by Gasteiger charge is 2.09. The van der Waals surface area contributed by atoms with Crippen molar-refractivity contribution in [3.63, 3.8) is 0 Å². The first-order valence-electron chi connectivity index (χ1n) is 9.02. The summed E-state index contributed by atoms with van der Waals surface area (Å²) in [6, 6.07) is 0. The van der Waals surface area contributed by atoms with Gasteiger partial charge in [0, 0.05) is 0 Å². The Kier molecular flexibility index (Phi) is 16.7. The van der Waals surface area contributed by atoms with Gasteiger partial charge in [0.05, 0.1) is 34.3 Å². The minimum Gasteiger partial charge on any atom is -0.726 e. The van der Waals surface area contributed by atoms with Crippen LogP contribution in [0.1, 0.15) is 78.1 Å². The first-order chi connectivity index (χ1) is 10.7. The molecule has 0 aliphatic carbocycles. The van der Waals surface area contributed by atoms with Gasteiger partial charge in [-0.2, -0.15) is 0 Å². The van der Waals surface area contributed by atoms with Crippen LogP contribution in [0.15, 0.2) is 0 Å². The molecule has 0 fully saturated rings. The molecule has 0 aromatic rings. The van der Waals surface area contributed by atoms with Gasteiger partial charge in [0.25, 0.3) is 0 Å². The molecular formula is C17H39NO4S. The van der Waals surface area contributed by atoms with Gasteiger partial charge in [-0.1, -0.05) is 58.3 Å². The Balaban J connectivity index is 0. The lowest BCUT2D eigenvalue weighted by Crippen LogP contribution is -2.39. The van der Waals surface area contributed by atoms with Crippen LogP contribution in [0.25, 0.3) is 0 Å². The third-order valence-corrected chi connectivity index (χ3v) is 4.59. The van der Waals surface area contributed by atoms with Gasteiger partial charge in [0.15, 0.2) is 0 Å². The van der Waals surface area contributed by atoms with E-state index >= 15 is 0 Å². The van der Waals surface area contributed by atoms with Crippen LogP contribution in [0, 0.1) is 0 Å². The molecule has 0 N–H and O–H groups in total. The SMILES string of the molecule is CCCCCCCCCCCC[N+](C)(C)CC.COS(=O)(=O)[O-]. The monoisotopic (exact) mass is 353 g/mol. The van der Waals surface area contributed by atoms with Crippen molar-refractivity contribution in [3.8, 4) is 0 Å². The van der Waals surface area contributed by atoms with E-state index in [1.165, 1.54) is 81.8 Å². The zero-order valence-electron chi connectivity index (χ0n) is 16.0. The van der Waals surface area contributed by atoms with Crippen LogP contribution < -0.4 is 0 Å². The summed E-state index contributed by atoms with van der Waals surface area (Å²) >= 11 is 0. The van der Waals surface area contributed by atoms with Crippen LogP contribution in [0.4, 0.5) is 0 Å². The summed E-state index contributed by atoms with van der Waals surface area (Å²) in [6.45, 7) is 7.19. The fraction of sp³-hybridized carbons (Fsp3) is 1.00. The summed E-state index contributed by atoms with van der Waals surface area (Å²) in [4.78, 5) is 0. The molecule has 0 amide bonds. The Bertz CT molecular complexity index is 343. The van der Waals surface area contributed by atoms with Crippen molar-refractivity contribution in [3.05, 3.63) is 0 Å². The van der Waals surface area contributed by atoms with E-state index < -0.39 is 10.4 Å². The normalized spacial score (nSPS) is 11.9. The van der Waals surface area contributed by atoms with Crippen LogP contribution in [0.2, 0.25) is 0 Å². The molecule has 0 heterocycles. The summed E-state index contributed by atoms with van der Waals surface area (Å²) in [5, 5.41) is 0. The number of nitrogens with zero attached hydrogens (tertiary/aromatic N) is 1. The molecule has 5 nitrogen and oxygen atoms in total. The molecule has 0 bridgehead atoms. The molecule has 142 valence electrons. The molecule has 6 heteroatoms. The summed E-state index contributed by atoms with van der Waals surface area (Å²) in [6.07, 6.45) is 14.4. The zero-order valence-corrected chi connectivity index (χ0v) is 16.8. The Morgan fingerprint density at radius 1 is 0.826 bits per heavy atom. The van der Waals surface area contributed by atoms with Gasteiger partial charge >= 0.3 is 0 Å². The smallest absolute Gasteiger partial charge is 0.217 e. The van der Waals surface area contributed by atoms with Crippen molar-refractivity contribution >= 4 is 10.4 Å². The number of unbranched alkanes of at least 4 members (excludes halogenated alkanes) is 9. The number of quaternary nitrogens is 1. The zero-order chi connectivity index (χ0) is 18.2. The van der Waals surface area contributed by atoms with Gasteiger partial charge in [-0.25, -0.2) is 8.42 Å². The topological polar surface area (TPSA) is 66.4 Å². The summed E-state index contributed by atoms with van der Waals surface area (Å²) in [7, 11) is 1.08. The van der Waals surface area contributed by atoms with E-state index in [1.807, 2.05) is 0 Å². The van der Waals surface area contributed by atoms with Crippen LogP contribution in [0.3, 0.4) is 0 Å². The third-order valence-electron chi connectivity index (χ3n) is 4.18. The minimum atomic E-state index is -4.41. The highest BCUT2D eigenvalue weighted by atomic mass is 32.3. The van der Waals surface area contributed by atoms with E-state index in [0.29, 0.717) is 0 Å². The minimum absolute atomic E-state index is 0.808. The lowest BCUT2D eigenvalue weighted by molar-refractivity contribution is -0.888. The van der Waals surface area contributed by atoms with Gasteiger partial charge in [-0.3, -0.25) is 4.18 Å². The summed E-state index contributed by atoms with van der Waals surface area (Å²) < 4.78 is 32.2. The maximum atomic E-state index is 9.22. The van der Waals surface area contributed by atoms with Gasteiger partial charge in [0.1, 0.15) is 0 Å². The fourth-order valence-electron chi connectivity index (χ4n) is 2.19. The molecule has 0 atom stereocenters. The Morgan fingerprint density at radius 2 is 1.17 bits per heavy atom. The second-order valence-electron chi connectivity index (χ2n) is 6.73. The standard InChI is InChI=1S/C16H36N.CH4O4S/c1-5-7-8-9-10-11-12-13-14-15-16-17(3,4)6-2;1-5-6(2,3)4/h5-16H2,1-4H3;1H3,(H,2,3,4)/q+1;/p-1. The van der Waals surface area contributed by atoms with E-state index in [2.05, 4.69) is 32.1 Å². The molecule has 0 saturated heterocycles. The predicted molar refractivity (Wildman–Crippen MR) is 96.1 cm³/mol. The Morgan fingerprint density at radius 3 is 1.48 bits per heavy atom. The van der Waals surface area contributed by atoms with Gasteiger partial charge in [0.2, 0.25) is 10.4 Å². The van der Waals surface area contributed by atoms with Crippen molar-refractivity contribution in [2.24, 2.45) is 0 Å². The quantitative estimate of drug-likeness (QED) is 0.216. The molecule has 0 aromatic heterocycles. The molecule has 0 radical (unpaired) electrons. The third kappa shape index (κ3) is 24.2. The number of rotatable bonds is 13. The maximum Gasteiger partial charge on any atom is 0.217 e. The second kappa shape index (κ2) is 15.4. The first kappa shape index (κ1) is 25.1. The van der Waals surface area contributed by atoms with E-state index in [1.54, 1.807) is 0 Å². The second-order valence-corrected chi connectivity index (χ2v) is 7.88. The Labute approximate surface area is 145 Å². The van der Waals surface area contributed by atoms with Crippen molar-refractivity contribution in [2.45, 2.75) is 78.1 Å². The van der Waals surface area contributed by atoms with Crippen molar-refractivity contribution in [1.29, 1.82) is 0 Å². The number of hydrogen-bond donors (Lipinski definition) is 0. The molecule has 0 unspecified atom stereocenters. The lowest BCUT2D eigenvalue weighted by atomic mass is 10.1. The van der Waals surface area contributed by atoms with Gasteiger partial charge < -0.3 is 9.04 Å². The average molecular weight is 354 g/mol. The first-order valence-corrected chi connectivity index (χ1v) is 10.3. The predicted octanol–water partition coefficient (Wildman–Crippen LogP) is 4.10. The van der Waals surface area contributed by atoms with E-state index in [9.17, 15) is 13.0 Å². The van der Waals surface area contributed by atoms with E-state index in [4.69, 9.17) is 0 Å². The van der Waals surface area contributed by atoms with Crippen molar-refractivity contribution in [1.82, 2.24) is 0 Å². The van der Waals surface area contributed by atoms with Crippen LogP contribution >= 0.6 is 0 Å². The van der Waals surface area contributed by atoms with Gasteiger partial charge in [-0.15, -0.1) is 0 Å². The lowest BCUT2D eigenvalue weighted by Gasteiger charge is -2.28. The highest BCUT2D eigenvalue weighted by Crippen LogP contribution is 2.11. The van der Waals surface area contributed by atoms with Crippen LogP contribution in [-0.4, -0.2) is 51.7 Å². The van der Waals surface area contributed by atoms with Gasteiger partial charge in [-0.05, 0) is 19.8 Å². The molecule has 0 rings (SSSR count). The molecule has 0 aliphatic rings. The van der Waals surface area contributed by atoms with Crippen LogP contribution in [0.5, 0.6) is 0 Å². The van der Waals surface area contributed by atoms with E-state index in [-0.39, 0.29) is 0 Å². The van der Waals surface area contributed by atoms with Crippen LogP contribution in [-0.2, 0) is 14.6 Å². The molecule has 0 aromatic carbocycles. The highest BCUT2D eigenvalue weighted by molar-refractivity contribution is 7.80. The summed E-state index contributed by atoms with van der Waals surface area (Å²) in [5.74, 6) is 0. The Hall–Kier alpha value is -0.170. The number of hydrogen-bond acceptors (Lipinski definition) is 4. The molecule has 0 saturated carbocycles. The molecule has 23 heavy (non-hydrogen) atoms. The molecule has 0 aliphatic heterocycles. The van der Waals surface area contributed by atoms with Crippen molar-refractivity contribution < 1.29 is 21.6 Å². The maximum absolute atomic E-state index is 9.22. The molecular weight excluding hydrogens is 314 g/mol. The summed E-state index contributed by atoms with van der Waals surface area (Å²) in [5.41, 5.74) is 0. The average Bonchev–Trinajstić information content (AvgIpc) is 2.49. The van der Waals surface area contributed by atoms with Crippen molar-refractivity contribution in [2.75, 3.05) is 34.3 Å². The van der Waals surface area contributed by atoms with E-state index in [0.717, 1.165) is 7.11 Å². The largest absolute Gasteiger partial charge is 0.726 e.